The van der Waals surface area contributed by atoms with Gasteiger partial charge in [-0.15, -0.1) is 0 Å². The summed E-state index contributed by atoms with van der Waals surface area (Å²) in [5.74, 6) is 1.25. The normalized spacial score (nSPS) is 25.4. The first kappa shape index (κ1) is 9.44. The van der Waals surface area contributed by atoms with Gasteiger partial charge in [-0.05, 0) is 12.5 Å². The predicted molar refractivity (Wildman–Crippen MR) is 53.9 cm³/mol. The first-order valence-corrected chi connectivity index (χ1v) is 5.13. The summed E-state index contributed by atoms with van der Waals surface area (Å²) in [6, 6.07) is 2.01. The van der Waals surface area contributed by atoms with Gasteiger partial charge in [0, 0.05) is 36.7 Å². The Labute approximate surface area is 84.1 Å². The monoisotopic (exact) mass is 192 g/mol. The molecule has 2 atom stereocenters. The Balaban J connectivity index is 2.07. The zero-order valence-electron chi connectivity index (χ0n) is 8.90. The van der Waals surface area contributed by atoms with E-state index in [1.807, 2.05) is 31.6 Å². The zero-order valence-corrected chi connectivity index (χ0v) is 8.90. The second-order valence-corrected chi connectivity index (χ2v) is 4.39. The minimum Gasteiger partial charge on any atom is -0.299 e. The Kier molecular flexibility index (Phi) is 2.17. The molecule has 1 saturated carbocycles. The summed E-state index contributed by atoms with van der Waals surface area (Å²) >= 11 is 0. The minimum absolute atomic E-state index is 0.165. The molecule has 0 aliphatic heterocycles. The Morgan fingerprint density at radius 3 is 2.86 bits per heavy atom. The lowest BCUT2D eigenvalue weighted by Gasteiger charge is -2.03. The molecule has 1 aliphatic carbocycles. The number of Topliss-reactive ketones (excluding diaryl/α,β-unsaturated/α-hetero) is 1. The van der Waals surface area contributed by atoms with Gasteiger partial charge in [0.15, 0.2) is 0 Å². The van der Waals surface area contributed by atoms with Crippen LogP contribution in [0.1, 0.15) is 31.9 Å². The number of rotatable bonds is 3. The molecular weight excluding hydrogens is 176 g/mol. The van der Waals surface area contributed by atoms with Gasteiger partial charge in [-0.1, -0.05) is 13.8 Å². The van der Waals surface area contributed by atoms with Crippen LogP contribution in [-0.4, -0.2) is 15.6 Å². The molecule has 1 aliphatic rings. The lowest BCUT2D eigenvalue weighted by molar-refractivity contribution is -0.123. The van der Waals surface area contributed by atoms with Gasteiger partial charge < -0.3 is 0 Å². The summed E-state index contributed by atoms with van der Waals surface area (Å²) in [5.41, 5.74) is 1.20. The number of ketones is 1. The molecule has 3 heteroatoms. The maximum absolute atomic E-state index is 11.7. The van der Waals surface area contributed by atoms with Gasteiger partial charge in [-0.25, -0.2) is 0 Å². The van der Waals surface area contributed by atoms with E-state index in [1.54, 1.807) is 6.20 Å². The van der Waals surface area contributed by atoms with Crippen molar-refractivity contribution in [3.8, 4) is 0 Å². The molecule has 1 aromatic heterocycles. The SMILES string of the molecule is CC(C)C(=O)[C@H]1CC1c1ccnn1C. The fourth-order valence-electron chi connectivity index (χ4n) is 2.01. The van der Waals surface area contributed by atoms with Crippen molar-refractivity contribution in [2.75, 3.05) is 0 Å². The molecule has 0 radical (unpaired) electrons. The second-order valence-electron chi connectivity index (χ2n) is 4.39. The third-order valence-corrected chi connectivity index (χ3v) is 2.96. The van der Waals surface area contributed by atoms with Crippen LogP contribution in [0.5, 0.6) is 0 Å². The van der Waals surface area contributed by atoms with Crippen LogP contribution in [0.3, 0.4) is 0 Å². The molecule has 14 heavy (non-hydrogen) atoms. The van der Waals surface area contributed by atoms with E-state index in [1.165, 1.54) is 5.69 Å². The van der Waals surface area contributed by atoms with Crippen LogP contribution in [-0.2, 0) is 11.8 Å². The fraction of sp³-hybridized carbons (Fsp3) is 0.636. The molecule has 0 spiro atoms. The number of hydrogen-bond donors (Lipinski definition) is 0. The number of aryl methyl sites for hydroxylation is 1. The van der Waals surface area contributed by atoms with Gasteiger partial charge in [0.25, 0.3) is 0 Å². The van der Waals surface area contributed by atoms with Crippen molar-refractivity contribution >= 4 is 5.78 Å². The summed E-state index contributed by atoms with van der Waals surface area (Å²) in [4.78, 5) is 11.7. The zero-order chi connectivity index (χ0) is 10.3. The van der Waals surface area contributed by atoms with Gasteiger partial charge in [0.1, 0.15) is 5.78 Å². The van der Waals surface area contributed by atoms with Gasteiger partial charge >= 0.3 is 0 Å². The number of carbonyl (C=O) groups is 1. The Morgan fingerprint density at radius 2 is 2.36 bits per heavy atom. The van der Waals surface area contributed by atoms with Crippen LogP contribution in [0.2, 0.25) is 0 Å². The molecule has 0 bridgehead atoms. The molecule has 0 aromatic carbocycles. The van der Waals surface area contributed by atoms with Gasteiger partial charge in [0.05, 0.1) is 0 Å². The standard InChI is InChI=1S/C11H16N2O/c1-7(2)11(14)9-6-8(9)10-4-5-12-13(10)3/h4-5,7-9H,6H2,1-3H3/t8?,9-/m0/s1. The summed E-state index contributed by atoms with van der Waals surface area (Å²) in [5, 5.41) is 4.12. The number of carbonyl (C=O) groups excluding carboxylic acids is 1. The average molecular weight is 192 g/mol. The highest BCUT2D eigenvalue weighted by Gasteiger charge is 2.45. The fourth-order valence-corrected chi connectivity index (χ4v) is 2.01. The van der Waals surface area contributed by atoms with Crippen LogP contribution >= 0.6 is 0 Å². The summed E-state index contributed by atoms with van der Waals surface area (Å²) in [6.07, 6.45) is 2.81. The molecule has 1 unspecified atom stereocenters. The van der Waals surface area contributed by atoms with Crippen LogP contribution in [0.4, 0.5) is 0 Å². The first-order valence-electron chi connectivity index (χ1n) is 5.13. The van der Waals surface area contributed by atoms with E-state index in [4.69, 9.17) is 0 Å². The number of hydrogen-bond acceptors (Lipinski definition) is 2. The van der Waals surface area contributed by atoms with Crippen molar-refractivity contribution in [1.82, 2.24) is 9.78 Å². The van der Waals surface area contributed by atoms with Gasteiger partial charge in [-0.3, -0.25) is 9.48 Å². The van der Waals surface area contributed by atoms with Crippen LogP contribution in [0.25, 0.3) is 0 Å². The molecule has 1 fully saturated rings. The van der Waals surface area contributed by atoms with E-state index in [0.29, 0.717) is 11.7 Å². The van der Waals surface area contributed by atoms with Crippen LogP contribution in [0, 0.1) is 11.8 Å². The van der Waals surface area contributed by atoms with Crippen LogP contribution in [0.15, 0.2) is 12.3 Å². The van der Waals surface area contributed by atoms with E-state index in [2.05, 4.69) is 5.10 Å². The number of aromatic nitrogens is 2. The van der Waals surface area contributed by atoms with Gasteiger partial charge in [-0.2, -0.15) is 5.10 Å². The second kappa shape index (κ2) is 3.23. The van der Waals surface area contributed by atoms with Crippen molar-refractivity contribution in [1.29, 1.82) is 0 Å². The van der Waals surface area contributed by atoms with Gasteiger partial charge in [0.2, 0.25) is 0 Å². The Hall–Kier alpha value is -1.12. The van der Waals surface area contributed by atoms with E-state index in [-0.39, 0.29) is 11.8 Å². The quantitative estimate of drug-likeness (QED) is 0.731. The van der Waals surface area contributed by atoms with Crippen molar-refractivity contribution < 1.29 is 4.79 Å². The maximum Gasteiger partial charge on any atom is 0.139 e. The lowest BCUT2D eigenvalue weighted by Crippen LogP contribution is -2.10. The van der Waals surface area contributed by atoms with Crippen molar-refractivity contribution in [2.45, 2.75) is 26.2 Å². The highest BCUT2D eigenvalue weighted by atomic mass is 16.1. The molecule has 3 nitrogen and oxygen atoms in total. The molecule has 0 N–H and O–H groups in total. The molecular formula is C11H16N2O. The molecule has 1 aromatic rings. The summed E-state index contributed by atoms with van der Waals surface area (Å²) in [6.45, 7) is 3.95. The lowest BCUT2D eigenvalue weighted by atomic mass is 10.0. The molecule has 76 valence electrons. The average Bonchev–Trinajstić information content (AvgIpc) is 2.81. The van der Waals surface area contributed by atoms with E-state index >= 15 is 0 Å². The molecule has 1 heterocycles. The van der Waals surface area contributed by atoms with Crippen molar-refractivity contribution in [2.24, 2.45) is 18.9 Å². The maximum atomic E-state index is 11.7. The third-order valence-electron chi connectivity index (χ3n) is 2.96. The van der Waals surface area contributed by atoms with Crippen molar-refractivity contribution in [3.05, 3.63) is 18.0 Å². The largest absolute Gasteiger partial charge is 0.299 e. The van der Waals surface area contributed by atoms with E-state index < -0.39 is 0 Å². The molecule has 2 rings (SSSR count). The van der Waals surface area contributed by atoms with E-state index in [0.717, 1.165) is 6.42 Å². The highest BCUT2D eigenvalue weighted by Crippen LogP contribution is 2.48. The minimum atomic E-state index is 0.165. The van der Waals surface area contributed by atoms with Crippen molar-refractivity contribution in [3.63, 3.8) is 0 Å². The number of nitrogens with zero attached hydrogens (tertiary/aromatic N) is 2. The smallest absolute Gasteiger partial charge is 0.139 e. The highest BCUT2D eigenvalue weighted by molar-refractivity contribution is 5.86. The third kappa shape index (κ3) is 1.47. The predicted octanol–water partition coefficient (Wildman–Crippen LogP) is 1.75. The first-order chi connectivity index (χ1) is 6.61. The molecule has 0 amide bonds. The van der Waals surface area contributed by atoms with Crippen LogP contribution < -0.4 is 0 Å². The molecule has 0 saturated heterocycles. The Morgan fingerprint density at radius 1 is 1.64 bits per heavy atom. The topological polar surface area (TPSA) is 34.9 Å². The Bertz CT molecular complexity index is 354. The summed E-state index contributed by atoms with van der Waals surface area (Å²) in [7, 11) is 1.94. The summed E-state index contributed by atoms with van der Waals surface area (Å²) < 4.78 is 1.87. The van der Waals surface area contributed by atoms with E-state index in [9.17, 15) is 4.79 Å².